The number of para-hydroxylation sites is 2. The first kappa shape index (κ1) is 23.3. The van der Waals surface area contributed by atoms with Crippen LogP contribution in [0.1, 0.15) is 33.7 Å². The van der Waals surface area contributed by atoms with Crippen molar-refractivity contribution in [1.29, 1.82) is 0 Å². The number of rotatable bonds is 8. The van der Waals surface area contributed by atoms with Crippen molar-refractivity contribution in [2.24, 2.45) is 0 Å². The van der Waals surface area contributed by atoms with E-state index in [1.807, 2.05) is 56.3 Å². The Morgan fingerprint density at radius 2 is 1.79 bits per heavy atom. The lowest BCUT2D eigenvalue weighted by molar-refractivity contribution is 0.0949. The van der Waals surface area contributed by atoms with Gasteiger partial charge in [-0.15, -0.1) is 0 Å². The molecule has 1 N–H and O–H groups in total. The number of nitrogens with one attached hydrogen (secondary N) is 1. The fraction of sp³-hybridized carbons (Fsp3) is 0.231. The Kier molecular flexibility index (Phi) is 7.36. The van der Waals surface area contributed by atoms with Crippen molar-refractivity contribution in [3.63, 3.8) is 0 Å². The standard InChI is InChI=1S/C26H25BrClN3O2/c1-17-14-21(15-18(2)25(17)28)33-13-5-12-31-23-7-4-3-6-22(23)30-24(31)16-29-26(32)19-8-10-20(27)11-9-19/h3-4,6-11,14-15H,5,12-13,16H2,1-2H3,(H,29,32). The van der Waals surface area contributed by atoms with Crippen LogP contribution >= 0.6 is 27.5 Å². The van der Waals surface area contributed by atoms with Crippen LogP contribution in [0.4, 0.5) is 0 Å². The van der Waals surface area contributed by atoms with Gasteiger partial charge in [0.25, 0.3) is 5.91 Å². The predicted octanol–water partition coefficient (Wildman–Crippen LogP) is 6.47. The number of aryl methyl sites for hydroxylation is 3. The van der Waals surface area contributed by atoms with Gasteiger partial charge in [0.1, 0.15) is 11.6 Å². The van der Waals surface area contributed by atoms with Crippen LogP contribution in [0, 0.1) is 13.8 Å². The molecule has 4 rings (SSSR count). The molecule has 1 amide bonds. The summed E-state index contributed by atoms with van der Waals surface area (Å²) < 4.78 is 9.06. The molecule has 0 radical (unpaired) electrons. The van der Waals surface area contributed by atoms with Gasteiger partial charge in [-0.2, -0.15) is 0 Å². The minimum atomic E-state index is -0.127. The highest BCUT2D eigenvalue weighted by Crippen LogP contribution is 2.26. The van der Waals surface area contributed by atoms with E-state index in [1.165, 1.54) is 0 Å². The average molecular weight is 527 g/mol. The second-order valence-electron chi connectivity index (χ2n) is 7.93. The van der Waals surface area contributed by atoms with E-state index in [4.69, 9.17) is 21.3 Å². The first-order valence-electron chi connectivity index (χ1n) is 10.8. The highest BCUT2D eigenvalue weighted by Gasteiger charge is 2.13. The minimum absolute atomic E-state index is 0.127. The average Bonchev–Trinajstić information content (AvgIpc) is 3.16. The topological polar surface area (TPSA) is 56.1 Å². The van der Waals surface area contributed by atoms with Crippen molar-refractivity contribution in [3.05, 3.63) is 92.7 Å². The van der Waals surface area contributed by atoms with E-state index < -0.39 is 0 Å². The van der Waals surface area contributed by atoms with E-state index in [1.54, 1.807) is 12.1 Å². The van der Waals surface area contributed by atoms with Crippen LogP contribution in [0.5, 0.6) is 5.75 Å². The number of aromatic nitrogens is 2. The molecular weight excluding hydrogens is 502 g/mol. The molecule has 0 atom stereocenters. The summed E-state index contributed by atoms with van der Waals surface area (Å²) in [5, 5.41) is 3.77. The van der Waals surface area contributed by atoms with Crippen LogP contribution in [0.2, 0.25) is 5.02 Å². The summed E-state index contributed by atoms with van der Waals surface area (Å²) in [6.07, 6.45) is 0.800. The maximum atomic E-state index is 12.6. The Hall–Kier alpha value is -2.83. The molecule has 7 heteroatoms. The molecule has 1 heterocycles. The number of carbonyl (C=O) groups excluding carboxylic acids is 1. The highest BCUT2D eigenvalue weighted by molar-refractivity contribution is 9.10. The third-order valence-electron chi connectivity index (χ3n) is 5.45. The summed E-state index contributed by atoms with van der Waals surface area (Å²) in [6.45, 7) is 5.61. The molecule has 5 nitrogen and oxygen atoms in total. The Labute approximate surface area is 206 Å². The van der Waals surface area contributed by atoms with E-state index in [-0.39, 0.29) is 5.91 Å². The first-order valence-corrected chi connectivity index (χ1v) is 12.0. The fourth-order valence-corrected chi connectivity index (χ4v) is 4.15. The zero-order valence-corrected chi connectivity index (χ0v) is 20.9. The Morgan fingerprint density at radius 1 is 1.09 bits per heavy atom. The summed E-state index contributed by atoms with van der Waals surface area (Å²) in [5.41, 5.74) is 4.59. The molecule has 0 unspecified atom stereocenters. The third-order valence-corrected chi connectivity index (χ3v) is 6.58. The maximum Gasteiger partial charge on any atom is 0.251 e. The lowest BCUT2D eigenvalue weighted by atomic mass is 10.1. The number of carbonyl (C=O) groups is 1. The molecule has 170 valence electrons. The van der Waals surface area contributed by atoms with E-state index in [0.717, 1.165) is 56.2 Å². The SMILES string of the molecule is Cc1cc(OCCCn2c(CNC(=O)c3ccc(Br)cc3)nc3ccccc32)cc(C)c1Cl. The van der Waals surface area contributed by atoms with Gasteiger partial charge >= 0.3 is 0 Å². The predicted molar refractivity (Wildman–Crippen MR) is 136 cm³/mol. The molecule has 1 aromatic heterocycles. The molecule has 33 heavy (non-hydrogen) atoms. The van der Waals surface area contributed by atoms with Crippen LogP contribution in [0.3, 0.4) is 0 Å². The Morgan fingerprint density at radius 3 is 2.52 bits per heavy atom. The van der Waals surface area contributed by atoms with Gasteiger partial charge in [0.05, 0.1) is 24.2 Å². The quantitative estimate of drug-likeness (QED) is 0.268. The molecule has 0 aliphatic heterocycles. The highest BCUT2D eigenvalue weighted by atomic mass is 79.9. The molecule has 0 aliphatic carbocycles. The van der Waals surface area contributed by atoms with E-state index in [2.05, 4.69) is 31.9 Å². The number of hydrogen-bond acceptors (Lipinski definition) is 3. The van der Waals surface area contributed by atoms with Gasteiger partial charge in [-0.3, -0.25) is 4.79 Å². The number of ether oxygens (including phenoxy) is 1. The fourth-order valence-electron chi connectivity index (χ4n) is 3.77. The summed E-state index contributed by atoms with van der Waals surface area (Å²) in [7, 11) is 0. The maximum absolute atomic E-state index is 12.6. The van der Waals surface area contributed by atoms with Crippen molar-refractivity contribution in [2.75, 3.05) is 6.61 Å². The number of imidazole rings is 1. The van der Waals surface area contributed by atoms with Gasteiger partial charge in [-0.1, -0.05) is 39.7 Å². The molecule has 0 saturated carbocycles. The van der Waals surface area contributed by atoms with E-state index >= 15 is 0 Å². The van der Waals surface area contributed by atoms with E-state index in [0.29, 0.717) is 18.7 Å². The summed E-state index contributed by atoms with van der Waals surface area (Å²) in [4.78, 5) is 17.3. The molecule has 0 spiro atoms. The first-order chi connectivity index (χ1) is 15.9. The Balaban J connectivity index is 1.42. The summed E-state index contributed by atoms with van der Waals surface area (Å²) in [6, 6.07) is 19.2. The molecule has 0 fully saturated rings. The zero-order chi connectivity index (χ0) is 23.4. The number of fused-ring (bicyclic) bond motifs is 1. The molecule has 0 saturated heterocycles. The van der Waals surface area contributed by atoms with E-state index in [9.17, 15) is 4.79 Å². The van der Waals surface area contributed by atoms with Gasteiger partial charge in [0, 0.05) is 21.6 Å². The van der Waals surface area contributed by atoms with Gasteiger partial charge in [-0.05, 0) is 79.9 Å². The number of halogens is 2. The van der Waals surface area contributed by atoms with Gasteiger partial charge in [0.15, 0.2) is 0 Å². The lowest BCUT2D eigenvalue weighted by Crippen LogP contribution is -2.25. The normalized spacial score (nSPS) is 11.0. The van der Waals surface area contributed by atoms with Gasteiger partial charge in [0.2, 0.25) is 0 Å². The van der Waals surface area contributed by atoms with Crippen LogP contribution in [0.25, 0.3) is 11.0 Å². The minimum Gasteiger partial charge on any atom is -0.494 e. The molecule has 0 aliphatic rings. The van der Waals surface area contributed by atoms with Crippen LogP contribution in [-0.4, -0.2) is 22.1 Å². The van der Waals surface area contributed by atoms with Crippen LogP contribution in [0.15, 0.2) is 65.1 Å². The van der Waals surface area contributed by atoms with Gasteiger partial charge < -0.3 is 14.6 Å². The van der Waals surface area contributed by atoms with Crippen molar-refractivity contribution < 1.29 is 9.53 Å². The smallest absolute Gasteiger partial charge is 0.251 e. The second kappa shape index (κ2) is 10.4. The summed E-state index contributed by atoms with van der Waals surface area (Å²) >= 11 is 9.64. The molecule has 0 bridgehead atoms. The summed E-state index contributed by atoms with van der Waals surface area (Å²) in [5.74, 6) is 1.52. The number of nitrogens with zero attached hydrogens (tertiary/aromatic N) is 2. The van der Waals surface area contributed by atoms with Gasteiger partial charge in [-0.25, -0.2) is 4.98 Å². The van der Waals surface area contributed by atoms with Crippen molar-refractivity contribution in [1.82, 2.24) is 14.9 Å². The van der Waals surface area contributed by atoms with Crippen molar-refractivity contribution >= 4 is 44.5 Å². The molecule has 4 aromatic rings. The number of hydrogen-bond donors (Lipinski definition) is 1. The molecular formula is C26H25BrClN3O2. The van der Waals surface area contributed by atoms with Crippen LogP contribution < -0.4 is 10.1 Å². The number of benzene rings is 3. The lowest BCUT2D eigenvalue weighted by Gasteiger charge is -2.12. The van der Waals surface area contributed by atoms with Crippen LogP contribution in [-0.2, 0) is 13.1 Å². The monoisotopic (exact) mass is 525 g/mol. The molecule has 3 aromatic carbocycles. The zero-order valence-electron chi connectivity index (χ0n) is 18.6. The largest absolute Gasteiger partial charge is 0.494 e. The third kappa shape index (κ3) is 5.57. The Bertz CT molecular complexity index is 1260. The van der Waals surface area contributed by atoms with Crippen molar-refractivity contribution in [3.8, 4) is 5.75 Å². The number of amides is 1. The second-order valence-corrected chi connectivity index (χ2v) is 9.22. The van der Waals surface area contributed by atoms with Crippen molar-refractivity contribution in [2.45, 2.75) is 33.4 Å².